The topological polar surface area (TPSA) is 63.4 Å². The van der Waals surface area contributed by atoms with Crippen molar-refractivity contribution in [1.29, 1.82) is 0 Å². The molecular formula is C13H19FN2O2S. The summed E-state index contributed by atoms with van der Waals surface area (Å²) in [5, 5.41) is 0. The van der Waals surface area contributed by atoms with Gasteiger partial charge in [-0.1, -0.05) is 25.0 Å². The summed E-state index contributed by atoms with van der Waals surface area (Å²) in [6.07, 6.45) is 3.68. The highest BCUT2D eigenvalue weighted by Crippen LogP contribution is 2.29. The van der Waals surface area contributed by atoms with Gasteiger partial charge in [-0.05, 0) is 25.0 Å². The molecule has 0 radical (unpaired) electrons. The molecule has 106 valence electrons. The first kappa shape index (κ1) is 14.4. The molecule has 0 aromatic heterocycles. The molecule has 4 nitrogen and oxygen atoms in total. The van der Waals surface area contributed by atoms with Gasteiger partial charge in [0.2, 0.25) is 10.0 Å². The third-order valence-corrected chi connectivity index (χ3v) is 5.49. The smallest absolute Gasteiger partial charge is 0.246 e. The molecule has 2 rings (SSSR count). The van der Waals surface area contributed by atoms with Gasteiger partial charge >= 0.3 is 0 Å². The fourth-order valence-corrected chi connectivity index (χ4v) is 4.37. The minimum Gasteiger partial charge on any atom is -0.329 e. The Bertz CT molecular complexity index is 527. The van der Waals surface area contributed by atoms with Crippen molar-refractivity contribution in [2.75, 3.05) is 13.1 Å². The predicted octanol–water partition coefficient (Wildman–Crippen LogP) is 1.72. The van der Waals surface area contributed by atoms with Crippen LogP contribution in [0.3, 0.4) is 0 Å². The zero-order chi connectivity index (χ0) is 13.9. The summed E-state index contributed by atoms with van der Waals surface area (Å²) in [6.45, 7) is 0.478. The average molecular weight is 286 g/mol. The first-order valence-electron chi connectivity index (χ1n) is 6.54. The molecule has 0 atom stereocenters. The molecule has 1 aromatic carbocycles. The van der Waals surface area contributed by atoms with Gasteiger partial charge in [0, 0.05) is 19.1 Å². The van der Waals surface area contributed by atoms with E-state index in [0.29, 0.717) is 0 Å². The van der Waals surface area contributed by atoms with E-state index in [1.54, 1.807) is 0 Å². The number of sulfonamides is 1. The van der Waals surface area contributed by atoms with Crippen molar-refractivity contribution in [1.82, 2.24) is 4.31 Å². The van der Waals surface area contributed by atoms with Crippen LogP contribution in [0.5, 0.6) is 0 Å². The number of nitrogens with zero attached hydrogens (tertiary/aromatic N) is 1. The largest absolute Gasteiger partial charge is 0.329 e. The number of nitrogens with two attached hydrogens (primary N) is 1. The Morgan fingerprint density at radius 2 is 1.89 bits per heavy atom. The van der Waals surface area contributed by atoms with Crippen LogP contribution in [0.2, 0.25) is 0 Å². The molecule has 1 aromatic rings. The zero-order valence-electron chi connectivity index (χ0n) is 10.8. The second kappa shape index (κ2) is 5.98. The number of hydrogen-bond acceptors (Lipinski definition) is 3. The monoisotopic (exact) mass is 286 g/mol. The number of hydrogen-bond donors (Lipinski definition) is 1. The van der Waals surface area contributed by atoms with E-state index in [9.17, 15) is 12.8 Å². The highest BCUT2D eigenvalue weighted by Gasteiger charge is 2.34. The second-order valence-corrected chi connectivity index (χ2v) is 6.63. The van der Waals surface area contributed by atoms with Crippen LogP contribution < -0.4 is 5.73 Å². The number of rotatable bonds is 5. The summed E-state index contributed by atoms with van der Waals surface area (Å²) in [7, 11) is -3.80. The SMILES string of the molecule is NCCN(C1CCCC1)S(=O)(=O)c1ccccc1F. The fourth-order valence-electron chi connectivity index (χ4n) is 2.60. The van der Waals surface area contributed by atoms with Crippen LogP contribution in [0.4, 0.5) is 4.39 Å². The summed E-state index contributed by atoms with van der Waals surface area (Å²) in [5.41, 5.74) is 5.51. The van der Waals surface area contributed by atoms with Crippen molar-refractivity contribution < 1.29 is 12.8 Å². The lowest BCUT2D eigenvalue weighted by Crippen LogP contribution is -2.42. The molecule has 1 fully saturated rings. The van der Waals surface area contributed by atoms with Gasteiger partial charge in [0.15, 0.2) is 0 Å². The van der Waals surface area contributed by atoms with Crippen molar-refractivity contribution in [2.24, 2.45) is 5.73 Å². The second-order valence-electron chi connectivity index (χ2n) is 4.77. The van der Waals surface area contributed by atoms with Crippen LogP contribution in [0.25, 0.3) is 0 Å². The Kier molecular flexibility index (Phi) is 4.54. The molecule has 2 N–H and O–H groups in total. The van der Waals surface area contributed by atoms with E-state index in [1.807, 2.05) is 0 Å². The molecule has 0 saturated heterocycles. The normalized spacial score (nSPS) is 17.2. The van der Waals surface area contributed by atoms with Crippen molar-refractivity contribution in [3.05, 3.63) is 30.1 Å². The summed E-state index contributed by atoms with van der Waals surface area (Å²) >= 11 is 0. The van der Waals surface area contributed by atoms with E-state index in [0.717, 1.165) is 25.7 Å². The van der Waals surface area contributed by atoms with Gasteiger partial charge in [0.1, 0.15) is 10.7 Å². The Morgan fingerprint density at radius 3 is 2.47 bits per heavy atom. The fraction of sp³-hybridized carbons (Fsp3) is 0.538. The van der Waals surface area contributed by atoms with E-state index < -0.39 is 15.8 Å². The van der Waals surface area contributed by atoms with Gasteiger partial charge in [-0.2, -0.15) is 4.31 Å². The minimum absolute atomic E-state index is 0.0480. The van der Waals surface area contributed by atoms with Gasteiger partial charge in [0.05, 0.1) is 0 Å². The van der Waals surface area contributed by atoms with Crippen molar-refractivity contribution >= 4 is 10.0 Å². The Labute approximate surface area is 113 Å². The highest BCUT2D eigenvalue weighted by molar-refractivity contribution is 7.89. The van der Waals surface area contributed by atoms with Crippen LogP contribution in [-0.4, -0.2) is 31.9 Å². The van der Waals surface area contributed by atoms with Crippen molar-refractivity contribution in [3.63, 3.8) is 0 Å². The molecule has 0 heterocycles. The Balaban J connectivity index is 2.36. The quantitative estimate of drug-likeness (QED) is 0.896. The molecule has 0 bridgehead atoms. The molecule has 0 spiro atoms. The maximum Gasteiger partial charge on any atom is 0.246 e. The first-order chi connectivity index (χ1) is 9.07. The summed E-state index contributed by atoms with van der Waals surface area (Å²) in [5.74, 6) is -0.706. The summed E-state index contributed by atoms with van der Waals surface area (Å²) < 4.78 is 40.2. The van der Waals surface area contributed by atoms with Crippen LogP contribution in [0.1, 0.15) is 25.7 Å². The molecule has 19 heavy (non-hydrogen) atoms. The van der Waals surface area contributed by atoms with E-state index >= 15 is 0 Å². The van der Waals surface area contributed by atoms with Crippen LogP contribution in [0, 0.1) is 5.82 Å². The summed E-state index contributed by atoms with van der Waals surface area (Å²) in [6, 6.07) is 5.45. The van der Waals surface area contributed by atoms with Gasteiger partial charge in [-0.25, -0.2) is 12.8 Å². The zero-order valence-corrected chi connectivity index (χ0v) is 11.6. The Morgan fingerprint density at radius 1 is 1.26 bits per heavy atom. The van der Waals surface area contributed by atoms with Gasteiger partial charge in [-0.15, -0.1) is 0 Å². The highest BCUT2D eigenvalue weighted by atomic mass is 32.2. The molecule has 6 heteroatoms. The number of halogens is 1. The lowest BCUT2D eigenvalue weighted by atomic mass is 10.2. The van der Waals surface area contributed by atoms with Gasteiger partial charge in [-0.3, -0.25) is 0 Å². The maximum absolute atomic E-state index is 13.7. The van der Waals surface area contributed by atoms with Crippen LogP contribution in [0.15, 0.2) is 29.2 Å². The number of benzene rings is 1. The molecule has 1 aliphatic rings. The molecule has 0 aliphatic heterocycles. The average Bonchev–Trinajstić information content (AvgIpc) is 2.89. The van der Waals surface area contributed by atoms with E-state index in [2.05, 4.69) is 0 Å². The van der Waals surface area contributed by atoms with Crippen molar-refractivity contribution in [3.8, 4) is 0 Å². The third-order valence-electron chi connectivity index (χ3n) is 3.50. The van der Waals surface area contributed by atoms with Crippen molar-refractivity contribution in [2.45, 2.75) is 36.6 Å². The van der Waals surface area contributed by atoms with Crippen LogP contribution >= 0.6 is 0 Å². The molecule has 0 unspecified atom stereocenters. The third kappa shape index (κ3) is 2.96. The minimum atomic E-state index is -3.80. The first-order valence-corrected chi connectivity index (χ1v) is 7.98. The summed E-state index contributed by atoms with van der Waals surface area (Å²) in [4.78, 5) is -0.254. The maximum atomic E-state index is 13.7. The molecular weight excluding hydrogens is 267 g/mol. The molecule has 1 saturated carbocycles. The lowest BCUT2D eigenvalue weighted by molar-refractivity contribution is 0.327. The Hall–Kier alpha value is -0.980. The van der Waals surface area contributed by atoms with E-state index in [1.165, 1.54) is 28.6 Å². The predicted molar refractivity (Wildman–Crippen MR) is 71.6 cm³/mol. The molecule has 1 aliphatic carbocycles. The standard InChI is InChI=1S/C13H19FN2O2S/c14-12-7-3-4-8-13(12)19(17,18)16(10-9-15)11-5-1-2-6-11/h3-4,7-8,11H,1-2,5-6,9-10,15H2. The lowest BCUT2D eigenvalue weighted by Gasteiger charge is -2.27. The van der Waals surface area contributed by atoms with E-state index in [-0.39, 0.29) is 24.0 Å². The molecule has 0 amide bonds. The van der Waals surface area contributed by atoms with Gasteiger partial charge in [0.25, 0.3) is 0 Å². The van der Waals surface area contributed by atoms with Gasteiger partial charge < -0.3 is 5.73 Å². The van der Waals surface area contributed by atoms with Crippen LogP contribution in [-0.2, 0) is 10.0 Å². The van der Waals surface area contributed by atoms with E-state index in [4.69, 9.17) is 5.73 Å².